The van der Waals surface area contributed by atoms with Crippen LogP contribution in [0.5, 0.6) is 0 Å². The van der Waals surface area contributed by atoms with E-state index in [0.717, 1.165) is 42.7 Å². The number of pyridine rings is 2. The van der Waals surface area contributed by atoms with Crippen LogP contribution < -0.4 is 22.1 Å². The highest BCUT2D eigenvalue weighted by atomic mass is 33.1. The monoisotopic (exact) mass is 616 g/mol. The maximum Gasteiger partial charge on any atom is 0.251 e. The van der Waals surface area contributed by atoms with Crippen molar-refractivity contribution >= 4 is 66.6 Å². The van der Waals surface area contributed by atoms with Gasteiger partial charge in [-0.25, -0.2) is 0 Å². The maximum absolute atomic E-state index is 12.7. The van der Waals surface area contributed by atoms with Gasteiger partial charge < -0.3 is 22.1 Å². The van der Waals surface area contributed by atoms with Gasteiger partial charge in [-0.05, 0) is 71.8 Å². The normalized spacial score (nSPS) is 11.0. The Kier molecular flexibility index (Phi) is 8.62. The predicted octanol–water partition coefficient (Wildman–Crippen LogP) is 6.61. The van der Waals surface area contributed by atoms with Crippen LogP contribution in [0.3, 0.4) is 0 Å². The summed E-state index contributed by atoms with van der Waals surface area (Å²) in [6.45, 7) is 0.719. The summed E-state index contributed by atoms with van der Waals surface area (Å²) < 4.78 is 0. The van der Waals surface area contributed by atoms with Gasteiger partial charge in [0.1, 0.15) is 0 Å². The van der Waals surface area contributed by atoms with Crippen molar-refractivity contribution < 1.29 is 9.59 Å². The third-order valence-corrected chi connectivity index (χ3v) is 9.47. The average molecular weight is 617 g/mol. The fourth-order valence-corrected chi connectivity index (χ4v) is 7.11. The van der Waals surface area contributed by atoms with E-state index in [0.29, 0.717) is 35.6 Å². The molecule has 0 spiro atoms. The molecule has 218 valence electrons. The summed E-state index contributed by atoms with van der Waals surface area (Å²) in [5, 5.41) is 7.93. The summed E-state index contributed by atoms with van der Waals surface area (Å²) in [7, 11) is 3.21. The fourth-order valence-electron chi connectivity index (χ4n) is 4.86. The lowest BCUT2D eigenvalue weighted by Gasteiger charge is -2.13. The van der Waals surface area contributed by atoms with Gasteiger partial charge in [-0.1, -0.05) is 58.0 Å². The van der Waals surface area contributed by atoms with Gasteiger partial charge in [0.2, 0.25) is 0 Å². The smallest absolute Gasteiger partial charge is 0.251 e. The van der Waals surface area contributed by atoms with Crippen molar-refractivity contribution in [3.05, 3.63) is 132 Å². The molecule has 0 aliphatic heterocycles. The Morgan fingerprint density at radius 3 is 1.48 bits per heavy atom. The summed E-state index contributed by atoms with van der Waals surface area (Å²) >= 11 is 0. The van der Waals surface area contributed by atoms with Crippen molar-refractivity contribution in [2.24, 2.45) is 0 Å². The van der Waals surface area contributed by atoms with Crippen molar-refractivity contribution in [2.45, 2.75) is 22.9 Å². The topological polar surface area (TPSA) is 136 Å². The minimum Gasteiger partial charge on any atom is -0.399 e. The Morgan fingerprint density at radius 2 is 1.05 bits per heavy atom. The zero-order valence-electron chi connectivity index (χ0n) is 23.5. The van der Waals surface area contributed by atoms with Crippen LogP contribution in [0.15, 0.2) is 119 Å². The van der Waals surface area contributed by atoms with Gasteiger partial charge in [0.05, 0.1) is 11.0 Å². The first-order valence-corrected chi connectivity index (χ1v) is 16.0. The Morgan fingerprint density at radius 1 is 0.591 bits per heavy atom. The van der Waals surface area contributed by atoms with Crippen LogP contribution in [0.4, 0.5) is 11.4 Å². The third kappa shape index (κ3) is 6.46. The number of rotatable bonds is 9. The molecule has 0 saturated carbocycles. The fraction of sp³-hybridized carbons (Fsp3) is 0.0588. The Bertz CT molecular complexity index is 1870. The van der Waals surface area contributed by atoms with Crippen LogP contribution in [0.2, 0.25) is 0 Å². The summed E-state index contributed by atoms with van der Waals surface area (Å²) in [6.07, 6.45) is 3.55. The van der Waals surface area contributed by atoms with E-state index in [4.69, 9.17) is 11.5 Å². The van der Waals surface area contributed by atoms with E-state index in [1.165, 1.54) is 0 Å². The number of benzene rings is 4. The van der Waals surface area contributed by atoms with E-state index >= 15 is 0 Å². The van der Waals surface area contributed by atoms with Crippen molar-refractivity contribution in [1.82, 2.24) is 20.6 Å². The van der Waals surface area contributed by atoms with Gasteiger partial charge in [0.15, 0.2) is 0 Å². The van der Waals surface area contributed by atoms with Crippen LogP contribution in [-0.4, -0.2) is 21.8 Å². The quantitative estimate of drug-likeness (QED) is 0.105. The molecule has 0 aliphatic rings. The van der Waals surface area contributed by atoms with Gasteiger partial charge >= 0.3 is 0 Å². The molecule has 0 radical (unpaired) electrons. The van der Waals surface area contributed by atoms with E-state index in [1.807, 2.05) is 48.5 Å². The number of carbonyl (C=O) groups excluding carboxylic acids is 2. The molecule has 0 fully saturated rings. The second kappa shape index (κ2) is 13.1. The Balaban J connectivity index is 1.18. The number of hydrogen-bond donors (Lipinski definition) is 4. The SMILES string of the molecule is Nc1cccc(C(=O)NCc2ccc(SSc3ccc(CNC(=O)c4cccc(N)c4)c4cccnc34)c3ncccc23)c1. The lowest BCUT2D eigenvalue weighted by Crippen LogP contribution is -2.23. The lowest BCUT2D eigenvalue weighted by atomic mass is 10.1. The number of fused-ring (bicyclic) bond motifs is 2. The molecule has 0 aliphatic carbocycles. The Labute approximate surface area is 262 Å². The van der Waals surface area contributed by atoms with Gasteiger partial charge in [0.25, 0.3) is 11.8 Å². The van der Waals surface area contributed by atoms with Crippen molar-refractivity contribution in [1.29, 1.82) is 0 Å². The molecule has 2 heterocycles. The van der Waals surface area contributed by atoms with Crippen LogP contribution >= 0.6 is 21.6 Å². The molecule has 10 heteroatoms. The summed E-state index contributed by atoms with van der Waals surface area (Å²) in [6, 6.07) is 29.8. The minimum absolute atomic E-state index is 0.185. The maximum atomic E-state index is 12.7. The van der Waals surface area contributed by atoms with E-state index in [9.17, 15) is 9.59 Å². The van der Waals surface area contributed by atoms with Crippen LogP contribution in [-0.2, 0) is 13.1 Å². The molecule has 6 aromatic rings. The highest BCUT2D eigenvalue weighted by Crippen LogP contribution is 2.43. The molecular weight excluding hydrogens is 589 g/mol. The summed E-state index contributed by atoms with van der Waals surface area (Å²) in [5.41, 5.74) is 17.5. The second-order valence-electron chi connectivity index (χ2n) is 10.0. The molecule has 6 N–H and O–H groups in total. The van der Waals surface area contributed by atoms with Crippen molar-refractivity contribution in [2.75, 3.05) is 11.5 Å². The van der Waals surface area contributed by atoms with E-state index in [2.05, 4.69) is 20.6 Å². The van der Waals surface area contributed by atoms with Crippen LogP contribution in [0.25, 0.3) is 21.8 Å². The van der Waals surface area contributed by atoms with Crippen LogP contribution in [0.1, 0.15) is 31.8 Å². The molecule has 44 heavy (non-hydrogen) atoms. The molecule has 2 aromatic heterocycles. The third-order valence-electron chi connectivity index (χ3n) is 7.04. The van der Waals surface area contributed by atoms with E-state index in [-0.39, 0.29) is 11.8 Å². The molecule has 0 saturated heterocycles. The number of nitrogens with zero attached hydrogens (tertiary/aromatic N) is 2. The molecular formula is C34H28N6O2S2. The van der Waals surface area contributed by atoms with Gasteiger partial charge in [0, 0.05) is 68.5 Å². The van der Waals surface area contributed by atoms with Crippen LogP contribution in [0, 0.1) is 0 Å². The summed E-state index contributed by atoms with van der Waals surface area (Å²) in [4.78, 5) is 36.7. The zero-order valence-corrected chi connectivity index (χ0v) is 25.1. The molecule has 0 unspecified atom stereocenters. The number of hydrogen-bond acceptors (Lipinski definition) is 8. The number of aromatic nitrogens is 2. The zero-order chi connectivity index (χ0) is 30.5. The predicted molar refractivity (Wildman–Crippen MR) is 179 cm³/mol. The first-order chi connectivity index (χ1) is 21.5. The average Bonchev–Trinajstić information content (AvgIpc) is 3.05. The number of amides is 2. The van der Waals surface area contributed by atoms with Crippen molar-refractivity contribution in [3.8, 4) is 0 Å². The molecule has 8 nitrogen and oxygen atoms in total. The molecule has 0 bridgehead atoms. The largest absolute Gasteiger partial charge is 0.399 e. The number of nitrogen functional groups attached to an aromatic ring is 2. The van der Waals surface area contributed by atoms with Gasteiger partial charge in [-0.15, -0.1) is 0 Å². The minimum atomic E-state index is -0.185. The number of carbonyl (C=O) groups is 2. The van der Waals surface area contributed by atoms with Gasteiger partial charge in [-0.2, -0.15) is 0 Å². The highest BCUT2D eigenvalue weighted by Gasteiger charge is 2.14. The number of nitrogens with one attached hydrogen (secondary N) is 2. The number of nitrogens with two attached hydrogens (primary N) is 2. The lowest BCUT2D eigenvalue weighted by molar-refractivity contribution is 0.0943. The molecule has 0 atom stereocenters. The summed E-state index contributed by atoms with van der Waals surface area (Å²) in [5.74, 6) is -0.369. The van der Waals surface area contributed by atoms with Gasteiger partial charge in [-0.3, -0.25) is 19.6 Å². The van der Waals surface area contributed by atoms with Crippen molar-refractivity contribution in [3.63, 3.8) is 0 Å². The van der Waals surface area contributed by atoms with E-state index in [1.54, 1.807) is 82.5 Å². The number of anilines is 2. The molecule has 4 aromatic carbocycles. The Hall–Kier alpha value is -5.06. The second-order valence-corrected chi connectivity index (χ2v) is 12.2. The first kappa shape index (κ1) is 29.0. The first-order valence-electron chi connectivity index (χ1n) is 13.8. The molecule has 2 amide bonds. The standard InChI is InChI=1S/C34H28N6O2S2/c35-25-7-1-5-21(17-25)33(41)39-19-23-11-13-29(31-27(23)9-3-15-37-31)43-44-30-14-12-24(28-10-4-16-38-32(28)30)20-40-34(42)22-6-2-8-26(36)18-22/h1-18H,19-20,35-36H2,(H,39,41)(H,40,42). The highest BCUT2D eigenvalue weighted by molar-refractivity contribution is 8.76. The van der Waals surface area contributed by atoms with E-state index < -0.39 is 0 Å². The molecule has 6 rings (SSSR count).